The maximum Gasteiger partial charge on any atom is 0.410 e. The van der Waals surface area contributed by atoms with Crippen molar-refractivity contribution < 1.29 is 14.6 Å². The molecule has 17 heavy (non-hydrogen) atoms. The van der Waals surface area contributed by atoms with Crippen LogP contribution in [0.4, 0.5) is 4.79 Å². The topological polar surface area (TPSA) is 61.8 Å². The van der Waals surface area contributed by atoms with Crippen LogP contribution in [0.3, 0.4) is 0 Å². The Bertz CT molecular complexity index is 272. The Hall–Kier alpha value is -0.520. The Morgan fingerprint density at radius 1 is 1.47 bits per heavy atom. The van der Waals surface area contributed by atoms with Gasteiger partial charge in [0.25, 0.3) is 0 Å². The summed E-state index contributed by atoms with van der Waals surface area (Å²) in [4.78, 5) is 13.1. The van der Waals surface area contributed by atoms with Crippen LogP contribution >= 0.6 is 12.4 Å². The fraction of sp³-hybridized carbons (Fsp3) is 0.909. The number of carbonyl (C=O) groups excluding carboxylic acids is 1. The minimum absolute atomic E-state index is 0. The number of nitrogens with one attached hydrogen (secondary N) is 1. The van der Waals surface area contributed by atoms with E-state index in [1.807, 2.05) is 27.7 Å². The number of nitrogens with zero attached hydrogens (tertiary/aromatic N) is 1. The van der Waals surface area contributed by atoms with E-state index < -0.39 is 11.2 Å². The molecule has 1 unspecified atom stereocenters. The molecule has 1 heterocycles. The predicted molar refractivity (Wildman–Crippen MR) is 68.5 cm³/mol. The van der Waals surface area contributed by atoms with E-state index in [0.29, 0.717) is 13.1 Å². The van der Waals surface area contributed by atoms with Crippen molar-refractivity contribution in [3.63, 3.8) is 0 Å². The lowest BCUT2D eigenvalue weighted by Crippen LogP contribution is -2.70. The number of aliphatic hydroxyl groups is 1. The zero-order valence-electron chi connectivity index (χ0n) is 11.1. The maximum absolute atomic E-state index is 11.6. The number of carbonyl (C=O) groups is 1. The Kier molecular flexibility index (Phi) is 5.25. The molecule has 1 rings (SSSR count). The van der Waals surface area contributed by atoms with Crippen LogP contribution in [0.15, 0.2) is 0 Å². The molecule has 1 fully saturated rings. The fourth-order valence-electron chi connectivity index (χ4n) is 1.61. The molecule has 1 aliphatic rings. The molecule has 102 valence electrons. The van der Waals surface area contributed by atoms with E-state index >= 15 is 0 Å². The summed E-state index contributed by atoms with van der Waals surface area (Å²) in [5.74, 6) is 0. The molecule has 0 spiro atoms. The molecule has 1 saturated heterocycles. The summed E-state index contributed by atoms with van der Waals surface area (Å²) in [5.41, 5.74) is -1.31. The Labute approximate surface area is 109 Å². The van der Waals surface area contributed by atoms with Crippen molar-refractivity contribution in [2.75, 3.05) is 20.1 Å². The van der Waals surface area contributed by atoms with Crippen LogP contribution in [-0.4, -0.2) is 53.5 Å². The molecule has 0 aromatic rings. The van der Waals surface area contributed by atoms with Crippen LogP contribution in [0.25, 0.3) is 0 Å². The van der Waals surface area contributed by atoms with Crippen LogP contribution in [0, 0.1) is 0 Å². The van der Waals surface area contributed by atoms with Crippen molar-refractivity contribution >= 4 is 18.5 Å². The van der Waals surface area contributed by atoms with Gasteiger partial charge in [0, 0.05) is 6.04 Å². The molecule has 0 radical (unpaired) electrons. The summed E-state index contributed by atoms with van der Waals surface area (Å²) >= 11 is 0. The Balaban J connectivity index is 0.00000256. The Morgan fingerprint density at radius 3 is 2.29 bits per heavy atom. The summed E-state index contributed by atoms with van der Waals surface area (Å²) in [6, 6.07) is -0.0359. The predicted octanol–water partition coefficient (Wildman–Crippen LogP) is 0.998. The first-order valence-corrected chi connectivity index (χ1v) is 5.55. The number of likely N-dealkylation sites (tertiary alicyclic amines) is 1. The number of amides is 1. The lowest BCUT2D eigenvalue weighted by Gasteiger charge is -2.49. The second-order valence-electron chi connectivity index (χ2n) is 5.45. The summed E-state index contributed by atoms with van der Waals surface area (Å²) in [7, 11) is 1.79. The van der Waals surface area contributed by atoms with Gasteiger partial charge in [0.1, 0.15) is 11.2 Å². The van der Waals surface area contributed by atoms with Crippen molar-refractivity contribution in [1.82, 2.24) is 10.2 Å². The fourth-order valence-corrected chi connectivity index (χ4v) is 1.61. The molecule has 5 nitrogen and oxygen atoms in total. The molecule has 1 atom stereocenters. The van der Waals surface area contributed by atoms with E-state index in [1.54, 1.807) is 7.05 Å². The third kappa shape index (κ3) is 4.01. The molecule has 0 aliphatic carbocycles. The molecule has 0 aromatic carbocycles. The highest BCUT2D eigenvalue weighted by Crippen LogP contribution is 2.26. The Morgan fingerprint density at radius 2 is 1.94 bits per heavy atom. The van der Waals surface area contributed by atoms with E-state index in [2.05, 4.69) is 5.32 Å². The van der Waals surface area contributed by atoms with Gasteiger partial charge in [-0.1, -0.05) is 0 Å². The van der Waals surface area contributed by atoms with Crippen LogP contribution < -0.4 is 5.32 Å². The molecule has 2 N–H and O–H groups in total. The molecule has 6 heteroatoms. The molecular formula is C11H23ClN2O3. The number of ether oxygens (including phenoxy) is 1. The highest BCUT2D eigenvalue weighted by molar-refractivity contribution is 5.85. The van der Waals surface area contributed by atoms with E-state index in [9.17, 15) is 9.90 Å². The summed E-state index contributed by atoms with van der Waals surface area (Å²) in [5, 5.41) is 13.1. The van der Waals surface area contributed by atoms with E-state index in [-0.39, 0.29) is 24.5 Å². The van der Waals surface area contributed by atoms with Crippen molar-refractivity contribution in [2.24, 2.45) is 0 Å². The van der Waals surface area contributed by atoms with Crippen LogP contribution in [0.2, 0.25) is 0 Å². The van der Waals surface area contributed by atoms with Gasteiger partial charge in [-0.15, -0.1) is 12.4 Å². The van der Waals surface area contributed by atoms with Crippen LogP contribution in [-0.2, 0) is 4.74 Å². The number of β-amino-alcohol motifs (C(OH)–C–C–N with tert-alkyl or cyclic N) is 1. The van der Waals surface area contributed by atoms with Gasteiger partial charge in [-0.3, -0.25) is 0 Å². The normalized spacial score (nSPS) is 20.0. The average molecular weight is 267 g/mol. The lowest BCUT2D eigenvalue weighted by atomic mass is 9.87. The van der Waals surface area contributed by atoms with Crippen LogP contribution in [0.1, 0.15) is 27.7 Å². The van der Waals surface area contributed by atoms with Gasteiger partial charge in [0.05, 0.1) is 13.1 Å². The highest BCUT2D eigenvalue weighted by atomic mass is 35.5. The quantitative estimate of drug-likeness (QED) is 0.783. The van der Waals surface area contributed by atoms with Crippen molar-refractivity contribution in [3.05, 3.63) is 0 Å². The second kappa shape index (κ2) is 5.42. The van der Waals surface area contributed by atoms with Gasteiger partial charge in [-0.05, 0) is 34.7 Å². The number of hydrogen-bond donors (Lipinski definition) is 2. The second-order valence-corrected chi connectivity index (χ2v) is 5.45. The highest BCUT2D eigenvalue weighted by Gasteiger charge is 2.48. The molecular weight excluding hydrogens is 244 g/mol. The van der Waals surface area contributed by atoms with E-state index in [4.69, 9.17) is 4.74 Å². The zero-order chi connectivity index (χ0) is 12.6. The number of hydrogen-bond acceptors (Lipinski definition) is 4. The SMILES string of the molecule is CNC(C)C1(O)CN(C(=O)OC(C)(C)C)C1.Cl. The van der Waals surface area contributed by atoms with Crippen molar-refractivity contribution in [3.8, 4) is 0 Å². The number of likely N-dealkylation sites (N-methyl/N-ethyl adjacent to an activating group) is 1. The van der Waals surface area contributed by atoms with Gasteiger partial charge >= 0.3 is 6.09 Å². The molecule has 1 amide bonds. The van der Waals surface area contributed by atoms with Gasteiger partial charge < -0.3 is 20.1 Å². The maximum atomic E-state index is 11.6. The van der Waals surface area contributed by atoms with Crippen molar-refractivity contribution in [2.45, 2.75) is 44.9 Å². The zero-order valence-corrected chi connectivity index (χ0v) is 11.9. The van der Waals surface area contributed by atoms with Gasteiger partial charge in [-0.2, -0.15) is 0 Å². The largest absolute Gasteiger partial charge is 0.444 e. The number of halogens is 1. The summed E-state index contributed by atoms with van der Waals surface area (Å²) in [6.45, 7) is 8.02. The van der Waals surface area contributed by atoms with E-state index in [0.717, 1.165) is 0 Å². The van der Waals surface area contributed by atoms with Gasteiger partial charge in [0.15, 0.2) is 0 Å². The van der Waals surface area contributed by atoms with E-state index in [1.165, 1.54) is 4.90 Å². The summed E-state index contributed by atoms with van der Waals surface area (Å²) in [6.07, 6.45) is -0.361. The van der Waals surface area contributed by atoms with Gasteiger partial charge in [-0.25, -0.2) is 4.79 Å². The number of rotatable bonds is 2. The monoisotopic (exact) mass is 266 g/mol. The minimum Gasteiger partial charge on any atom is -0.444 e. The first-order chi connectivity index (χ1) is 7.18. The minimum atomic E-state index is -0.828. The smallest absolute Gasteiger partial charge is 0.410 e. The van der Waals surface area contributed by atoms with Gasteiger partial charge in [0.2, 0.25) is 0 Å². The first kappa shape index (κ1) is 16.5. The van der Waals surface area contributed by atoms with Crippen molar-refractivity contribution in [1.29, 1.82) is 0 Å². The first-order valence-electron chi connectivity index (χ1n) is 5.55. The molecule has 0 saturated carbocycles. The molecule has 1 aliphatic heterocycles. The third-order valence-electron chi connectivity index (χ3n) is 2.82. The molecule has 0 aromatic heterocycles. The average Bonchev–Trinajstić information content (AvgIpc) is 2.08. The van der Waals surface area contributed by atoms with Crippen LogP contribution in [0.5, 0.6) is 0 Å². The lowest BCUT2D eigenvalue weighted by molar-refractivity contribution is -0.113. The third-order valence-corrected chi connectivity index (χ3v) is 2.82. The summed E-state index contributed by atoms with van der Waals surface area (Å²) < 4.78 is 5.20. The molecule has 0 bridgehead atoms. The standard InChI is InChI=1S/C11H22N2O3.ClH/c1-8(12-5)11(15)6-13(7-11)9(14)16-10(2,3)4;/h8,12,15H,6-7H2,1-5H3;1H.